The molecule has 0 bridgehead atoms. The van der Waals surface area contributed by atoms with E-state index in [1.165, 1.54) is 0 Å². The molecule has 5 nitrogen and oxygen atoms in total. The van der Waals surface area contributed by atoms with Crippen molar-refractivity contribution in [3.8, 4) is 0 Å². The van der Waals surface area contributed by atoms with Gasteiger partial charge in [-0.3, -0.25) is 4.72 Å². The number of anilines is 3. The summed E-state index contributed by atoms with van der Waals surface area (Å²) in [5.74, 6) is 0. The number of thiocarbonyl (C=S) groups is 1. The fourth-order valence-corrected chi connectivity index (χ4v) is 5.00. The predicted octanol–water partition coefficient (Wildman–Crippen LogP) is 6.38. The molecule has 168 valence electrons. The van der Waals surface area contributed by atoms with E-state index < -0.39 is 10.0 Å². The van der Waals surface area contributed by atoms with Gasteiger partial charge >= 0.3 is 0 Å². The van der Waals surface area contributed by atoms with Crippen molar-refractivity contribution in [3.63, 3.8) is 0 Å². The Balaban J connectivity index is 1.88. The standard InChI is InChI=1S/C24H26ClN3O2S2/c1-4-17-7-6-8-18(5-2)23(17)27-24(31)26-21-14-9-16(3)15-22(21)32(29,30)28-20-12-10-19(25)11-13-20/h6-15,28H,4-5H2,1-3H3,(H2,26,27,31). The van der Waals surface area contributed by atoms with Crippen LogP contribution >= 0.6 is 23.8 Å². The molecule has 0 aliphatic carbocycles. The lowest BCUT2D eigenvalue weighted by Gasteiger charge is -2.19. The van der Waals surface area contributed by atoms with E-state index in [0.717, 1.165) is 35.2 Å². The molecule has 0 heterocycles. The lowest BCUT2D eigenvalue weighted by atomic mass is 10.0. The molecule has 0 atom stereocenters. The van der Waals surface area contributed by atoms with Crippen LogP contribution < -0.4 is 15.4 Å². The van der Waals surface area contributed by atoms with Crippen LogP contribution in [0.1, 0.15) is 30.5 Å². The van der Waals surface area contributed by atoms with Crippen molar-refractivity contribution in [2.75, 3.05) is 15.4 Å². The van der Waals surface area contributed by atoms with E-state index >= 15 is 0 Å². The molecule has 3 aromatic carbocycles. The van der Waals surface area contributed by atoms with Gasteiger partial charge in [0, 0.05) is 16.4 Å². The smallest absolute Gasteiger partial charge is 0.263 e. The second-order valence-electron chi connectivity index (χ2n) is 7.35. The van der Waals surface area contributed by atoms with Crippen molar-refractivity contribution >= 4 is 56.0 Å². The molecule has 3 rings (SSSR count). The van der Waals surface area contributed by atoms with E-state index in [9.17, 15) is 8.42 Å². The fourth-order valence-electron chi connectivity index (χ4n) is 3.35. The van der Waals surface area contributed by atoms with Crippen molar-refractivity contribution in [1.29, 1.82) is 0 Å². The summed E-state index contributed by atoms with van der Waals surface area (Å²) >= 11 is 11.4. The summed E-state index contributed by atoms with van der Waals surface area (Å²) < 4.78 is 28.9. The van der Waals surface area contributed by atoms with Gasteiger partial charge in [0.15, 0.2) is 5.11 Å². The normalized spacial score (nSPS) is 11.1. The highest BCUT2D eigenvalue weighted by Gasteiger charge is 2.20. The van der Waals surface area contributed by atoms with Gasteiger partial charge in [0.2, 0.25) is 0 Å². The summed E-state index contributed by atoms with van der Waals surface area (Å²) in [6, 6.07) is 17.8. The summed E-state index contributed by atoms with van der Waals surface area (Å²) in [6.07, 6.45) is 1.71. The molecule has 0 aliphatic heterocycles. The molecular formula is C24H26ClN3O2S2. The lowest BCUT2D eigenvalue weighted by molar-refractivity contribution is 0.601. The zero-order valence-electron chi connectivity index (χ0n) is 18.2. The summed E-state index contributed by atoms with van der Waals surface area (Å²) in [5, 5.41) is 7.19. The SMILES string of the molecule is CCc1cccc(CC)c1NC(=S)Nc1ccc(C)cc1S(=O)(=O)Nc1ccc(Cl)cc1. The van der Waals surface area contributed by atoms with Crippen LogP contribution in [0.15, 0.2) is 65.6 Å². The Hall–Kier alpha value is -2.61. The van der Waals surface area contributed by atoms with Crippen molar-refractivity contribution in [3.05, 3.63) is 82.4 Å². The molecular weight excluding hydrogens is 462 g/mol. The average Bonchev–Trinajstić information content (AvgIpc) is 2.76. The topological polar surface area (TPSA) is 70.2 Å². The molecule has 3 aromatic rings. The van der Waals surface area contributed by atoms with Gasteiger partial charge in [0.1, 0.15) is 4.90 Å². The second-order valence-corrected chi connectivity index (χ2v) is 9.85. The van der Waals surface area contributed by atoms with Gasteiger partial charge in [-0.1, -0.05) is 49.7 Å². The van der Waals surface area contributed by atoms with Gasteiger partial charge in [0.25, 0.3) is 10.0 Å². The van der Waals surface area contributed by atoms with Crippen LogP contribution in [-0.4, -0.2) is 13.5 Å². The van der Waals surface area contributed by atoms with Gasteiger partial charge < -0.3 is 10.6 Å². The van der Waals surface area contributed by atoms with Crippen molar-refractivity contribution in [1.82, 2.24) is 0 Å². The van der Waals surface area contributed by atoms with E-state index in [1.807, 2.05) is 19.1 Å². The van der Waals surface area contributed by atoms with Crippen molar-refractivity contribution < 1.29 is 8.42 Å². The molecule has 0 fully saturated rings. The number of nitrogens with one attached hydrogen (secondary N) is 3. The third-order valence-electron chi connectivity index (χ3n) is 5.01. The molecule has 32 heavy (non-hydrogen) atoms. The molecule has 0 saturated heterocycles. The highest BCUT2D eigenvalue weighted by atomic mass is 35.5. The van der Waals surface area contributed by atoms with Crippen LogP contribution in [0, 0.1) is 6.92 Å². The fraction of sp³-hybridized carbons (Fsp3) is 0.208. The quantitative estimate of drug-likeness (QED) is 0.337. The number of rotatable bonds is 7. The van der Waals surface area contributed by atoms with Crippen LogP contribution in [0.3, 0.4) is 0 Å². The maximum Gasteiger partial charge on any atom is 0.263 e. The van der Waals surface area contributed by atoms with E-state index in [0.29, 0.717) is 21.5 Å². The zero-order chi connectivity index (χ0) is 23.3. The van der Waals surface area contributed by atoms with Gasteiger partial charge in [0.05, 0.1) is 5.69 Å². The maximum absolute atomic E-state index is 13.2. The predicted molar refractivity (Wildman–Crippen MR) is 138 cm³/mol. The first-order chi connectivity index (χ1) is 15.2. The van der Waals surface area contributed by atoms with E-state index in [2.05, 4.69) is 41.3 Å². The number of hydrogen-bond donors (Lipinski definition) is 3. The highest BCUT2D eigenvalue weighted by Crippen LogP contribution is 2.27. The van der Waals surface area contributed by atoms with Crippen LogP contribution in [0.4, 0.5) is 17.1 Å². The van der Waals surface area contributed by atoms with Gasteiger partial charge in [-0.05, 0) is 85.1 Å². The van der Waals surface area contributed by atoms with E-state index in [1.54, 1.807) is 36.4 Å². The molecule has 8 heteroatoms. The van der Waals surface area contributed by atoms with Crippen LogP contribution in [0.5, 0.6) is 0 Å². The summed E-state index contributed by atoms with van der Waals surface area (Å²) in [7, 11) is -3.87. The van der Waals surface area contributed by atoms with Gasteiger partial charge in [-0.25, -0.2) is 8.42 Å². The largest absolute Gasteiger partial charge is 0.332 e. The first-order valence-electron chi connectivity index (χ1n) is 10.3. The Bertz CT molecular complexity index is 1200. The summed E-state index contributed by atoms with van der Waals surface area (Å²) in [4.78, 5) is 0.107. The maximum atomic E-state index is 13.2. The molecule has 0 unspecified atom stereocenters. The van der Waals surface area contributed by atoms with E-state index in [-0.39, 0.29) is 4.90 Å². The summed E-state index contributed by atoms with van der Waals surface area (Å²) in [5.41, 5.74) is 4.89. The van der Waals surface area contributed by atoms with Crippen molar-refractivity contribution in [2.45, 2.75) is 38.5 Å². The first-order valence-corrected chi connectivity index (χ1v) is 12.6. The average molecular weight is 488 g/mol. The Labute approximate surface area is 200 Å². The monoisotopic (exact) mass is 487 g/mol. The van der Waals surface area contributed by atoms with Crippen molar-refractivity contribution in [2.24, 2.45) is 0 Å². The number of benzene rings is 3. The lowest BCUT2D eigenvalue weighted by Crippen LogP contribution is -2.23. The molecule has 0 aliphatic rings. The number of halogens is 1. The number of para-hydroxylation sites is 1. The second kappa shape index (κ2) is 10.3. The highest BCUT2D eigenvalue weighted by molar-refractivity contribution is 7.93. The van der Waals surface area contributed by atoms with Gasteiger partial charge in [-0.2, -0.15) is 0 Å². The molecule has 0 saturated carbocycles. The van der Waals surface area contributed by atoms with Crippen LogP contribution in [0.2, 0.25) is 5.02 Å². The minimum atomic E-state index is -3.87. The number of sulfonamides is 1. The number of hydrogen-bond acceptors (Lipinski definition) is 3. The summed E-state index contributed by atoms with van der Waals surface area (Å²) in [6.45, 7) is 6.01. The Morgan fingerprint density at radius 2 is 1.56 bits per heavy atom. The Morgan fingerprint density at radius 3 is 2.16 bits per heavy atom. The molecule has 0 amide bonds. The molecule has 0 radical (unpaired) electrons. The minimum absolute atomic E-state index is 0.107. The Kier molecular flexibility index (Phi) is 7.77. The molecule has 0 spiro atoms. The van der Waals surface area contributed by atoms with Crippen LogP contribution in [-0.2, 0) is 22.9 Å². The molecule has 0 aromatic heterocycles. The van der Waals surface area contributed by atoms with Gasteiger partial charge in [-0.15, -0.1) is 0 Å². The Morgan fingerprint density at radius 1 is 0.938 bits per heavy atom. The zero-order valence-corrected chi connectivity index (χ0v) is 20.6. The third kappa shape index (κ3) is 5.79. The number of aryl methyl sites for hydroxylation is 3. The first kappa shape index (κ1) is 24.0. The molecule has 3 N–H and O–H groups in total. The third-order valence-corrected chi connectivity index (χ3v) is 6.89. The minimum Gasteiger partial charge on any atom is -0.332 e. The van der Waals surface area contributed by atoms with Crippen LogP contribution in [0.25, 0.3) is 0 Å². The van der Waals surface area contributed by atoms with E-state index in [4.69, 9.17) is 23.8 Å².